The van der Waals surface area contributed by atoms with Crippen molar-refractivity contribution in [3.63, 3.8) is 0 Å². The number of hydrogen-bond acceptors (Lipinski definition) is 12. The van der Waals surface area contributed by atoms with Crippen LogP contribution in [0, 0.1) is 45.7 Å². The maximum atomic E-state index is 15.7. The lowest BCUT2D eigenvalue weighted by Crippen LogP contribution is -2.52. The number of benzene rings is 4. The highest BCUT2D eigenvalue weighted by molar-refractivity contribution is 7.91. The third-order valence-electron chi connectivity index (χ3n) is 13.8. The molecule has 20 nitrogen and oxygen atoms in total. The van der Waals surface area contributed by atoms with E-state index in [4.69, 9.17) is 22.3 Å². The molecule has 2 saturated heterocycles. The number of fused-ring (bicyclic) bond motifs is 2. The average molecular weight is 1150 g/mol. The van der Waals surface area contributed by atoms with E-state index in [9.17, 15) is 45.5 Å². The Hall–Kier alpha value is -9.92. The van der Waals surface area contributed by atoms with Crippen LogP contribution in [0.1, 0.15) is 22.3 Å². The van der Waals surface area contributed by atoms with Gasteiger partial charge in [0.25, 0.3) is 0 Å². The first-order chi connectivity index (χ1) is 39.1. The van der Waals surface area contributed by atoms with Crippen LogP contribution in [-0.4, -0.2) is 124 Å². The third-order valence-corrected chi connectivity index (χ3v) is 15.6. The summed E-state index contributed by atoms with van der Waals surface area (Å²) >= 11 is 0. The molecule has 420 valence electrons. The largest absolute Gasteiger partial charge is 0.477 e. The second-order valence-electron chi connectivity index (χ2n) is 19.1. The number of carbonyl (C=O) groups is 1. The molecule has 0 unspecified atom stereocenters. The molecular weight excluding hydrogens is 1100 g/mol. The summed E-state index contributed by atoms with van der Waals surface area (Å²) in [5.41, 5.74) is 10.4. The average Bonchev–Trinajstić information content (AvgIpc) is 2.59. The van der Waals surface area contributed by atoms with Crippen molar-refractivity contribution >= 4 is 78.7 Å². The highest BCUT2D eigenvalue weighted by Crippen LogP contribution is 2.29. The molecule has 0 bridgehead atoms. The molecule has 6 heterocycles. The highest BCUT2D eigenvalue weighted by Gasteiger charge is 2.28. The van der Waals surface area contributed by atoms with E-state index >= 15 is 8.78 Å². The number of nitrogens with two attached hydrogens (primary N) is 2. The Morgan fingerprint density at radius 3 is 1.70 bits per heavy atom. The molecule has 10 rings (SSSR count). The summed E-state index contributed by atoms with van der Waals surface area (Å²) in [4.78, 5) is 61.2. The van der Waals surface area contributed by atoms with Gasteiger partial charge in [-0.2, -0.15) is 4.99 Å². The van der Waals surface area contributed by atoms with Crippen molar-refractivity contribution in [2.24, 2.45) is 21.5 Å². The SMILES string of the molecule is N=C(CC(=N)N1CCN(c2nc3c(cc2F)c(=O)ccn3-c2ccc(F)cc2F)CC1)Cc1ccc(S(=O)(=O)c2ccc(N=C(N)N=C(N)N3CCN(c4nc5c(cc4F)c(=O)c(C(=O)O)cn5-c4ccc(F)cc4F)CC3)cc2)cc1. The number of rotatable bonds is 12. The second-order valence-corrected chi connectivity index (χ2v) is 21.0. The summed E-state index contributed by atoms with van der Waals surface area (Å²) in [6.07, 6.45) is 2.24. The number of carboxylic acids is 1. The summed E-state index contributed by atoms with van der Waals surface area (Å²) < 4.78 is 118. The first kappa shape index (κ1) is 55.4. The van der Waals surface area contributed by atoms with Gasteiger partial charge in [-0.1, -0.05) is 12.1 Å². The monoisotopic (exact) mass is 1140 g/mol. The number of sulfone groups is 1. The molecule has 2 fully saturated rings. The first-order valence-corrected chi connectivity index (χ1v) is 26.5. The van der Waals surface area contributed by atoms with Gasteiger partial charge in [-0.05, 0) is 78.4 Å². The zero-order chi connectivity index (χ0) is 58.3. The van der Waals surface area contributed by atoms with Gasteiger partial charge < -0.3 is 41.6 Å². The van der Waals surface area contributed by atoms with Crippen LogP contribution in [0.25, 0.3) is 33.4 Å². The number of anilines is 2. The lowest BCUT2D eigenvalue weighted by atomic mass is 10.1. The molecule has 8 aromatic rings. The Bertz CT molecular complexity index is 4220. The molecule has 0 atom stereocenters. The zero-order valence-corrected chi connectivity index (χ0v) is 43.6. The van der Waals surface area contributed by atoms with E-state index in [0.717, 1.165) is 47.2 Å². The van der Waals surface area contributed by atoms with Crippen LogP contribution in [-0.2, 0) is 16.3 Å². The molecule has 27 heteroatoms. The van der Waals surface area contributed by atoms with Crippen molar-refractivity contribution in [2.45, 2.75) is 22.6 Å². The van der Waals surface area contributed by atoms with Crippen molar-refractivity contribution in [3.8, 4) is 11.4 Å². The summed E-state index contributed by atoms with van der Waals surface area (Å²) in [5.74, 6) is -7.54. The molecule has 0 saturated carbocycles. The van der Waals surface area contributed by atoms with Gasteiger partial charge in [0.15, 0.2) is 46.0 Å². The van der Waals surface area contributed by atoms with E-state index in [0.29, 0.717) is 17.7 Å². The highest BCUT2D eigenvalue weighted by atomic mass is 32.2. The minimum atomic E-state index is -4.02. The van der Waals surface area contributed by atoms with Crippen molar-refractivity contribution < 1.29 is 44.7 Å². The van der Waals surface area contributed by atoms with Crippen LogP contribution < -0.4 is 32.1 Å². The summed E-state index contributed by atoms with van der Waals surface area (Å²) in [7, 11) is -4.02. The van der Waals surface area contributed by atoms with Gasteiger partial charge in [-0.3, -0.25) is 24.1 Å². The fraction of sp³-hybridized carbons (Fsp3) is 0.182. The van der Waals surface area contributed by atoms with E-state index < -0.39 is 72.5 Å². The summed E-state index contributed by atoms with van der Waals surface area (Å²) in [5, 5.41) is 26.5. The van der Waals surface area contributed by atoms with Crippen LogP contribution >= 0.6 is 0 Å². The van der Waals surface area contributed by atoms with Crippen LogP contribution in [0.15, 0.2) is 145 Å². The second kappa shape index (κ2) is 22.3. The van der Waals surface area contributed by atoms with Crippen molar-refractivity contribution in [2.75, 3.05) is 62.2 Å². The molecule has 2 aliphatic heterocycles. The van der Waals surface area contributed by atoms with Gasteiger partial charge >= 0.3 is 5.97 Å². The number of pyridine rings is 4. The number of piperazine rings is 2. The lowest BCUT2D eigenvalue weighted by molar-refractivity contribution is 0.0695. The molecule has 0 amide bonds. The van der Waals surface area contributed by atoms with E-state index in [1.54, 1.807) is 26.8 Å². The number of guanidine groups is 2. The normalized spacial score (nSPS) is 14.5. The minimum Gasteiger partial charge on any atom is -0.477 e. The van der Waals surface area contributed by atoms with E-state index in [2.05, 4.69) is 20.0 Å². The number of halogens is 6. The van der Waals surface area contributed by atoms with Crippen molar-refractivity contribution in [3.05, 3.63) is 182 Å². The maximum absolute atomic E-state index is 15.7. The summed E-state index contributed by atoms with van der Waals surface area (Å²) in [6, 6.07) is 20.0. The van der Waals surface area contributed by atoms with E-state index in [1.165, 1.54) is 58.1 Å². The molecular formula is C55H46F6N14O6S. The van der Waals surface area contributed by atoms with Crippen LogP contribution in [0.2, 0.25) is 0 Å². The van der Waals surface area contributed by atoms with E-state index in [-0.39, 0.29) is 144 Å². The van der Waals surface area contributed by atoms with Gasteiger partial charge in [0.1, 0.15) is 34.7 Å². The topological polar surface area (TPSA) is 279 Å². The van der Waals surface area contributed by atoms with E-state index in [1.807, 2.05) is 0 Å². The van der Waals surface area contributed by atoms with Gasteiger partial charge in [0, 0.05) is 102 Å². The molecule has 0 aliphatic carbocycles. The van der Waals surface area contributed by atoms with Gasteiger partial charge in [0.2, 0.25) is 21.2 Å². The number of aromatic nitrogens is 4. The predicted molar refractivity (Wildman–Crippen MR) is 294 cm³/mol. The molecule has 4 aromatic heterocycles. The Balaban J connectivity index is 0.723. The lowest BCUT2D eigenvalue weighted by Gasteiger charge is -2.37. The van der Waals surface area contributed by atoms with Gasteiger partial charge in [0.05, 0.1) is 37.6 Å². The quantitative estimate of drug-likeness (QED) is 0.0511. The molecule has 0 radical (unpaired) electrons. The first-order valence-electron chi connectivity index (χ1n) is 25.0. The molecule has 2 aliphatic rings. The smallest absolute Gasteiger partial charge is 0.341 e. The minimum absolute atomic E-state index is 0.0124. The number of nitrogens with zero attached hydrogens (tertiary/aromatic N) is 10. The number of hydrogen-bond donors (Lipinski definition) is 5. The van der Waals surface area contributed by atoms with Crippen molar-refractivity contribution in [1.29, 1.82) is 10.8 Å². The Labute approximate surface area is 461 Å². The number of aliphatic imine (C=N–C) groups is 2. The van der Waals surface area contributed by atoms with Crippen molar-refractivity contribution in [1.82, 2.24) is 28.9 Å². The Morgan fingerprint density at radius 1 is 0.634 bits per heavy atom. The third kappa shape index (κ3) is 11.2. The Morgan fingerprint density at radius 2 is 1.15 bits per heavy atom. The maximum Gasteiger partial charge on any atom is 0.341 e. The number of aromatic carboxylic acids is 1. The molecule has 82 heavy (non-hydrogen) atoms. The number of amidine groups is 1. The fourth-order valence-electron chi connectivity index (χ4n) is 9.61. The van der Waals surface area contributed by atoms with Crippen LogP contribution in [0.4, 0.5) is 43.7 Å². The Kier molecular flexibility index (Phi) is 15.1. The number of nitrogens with one attached hydrogen (secondary N) is 2. The van der Waals surface area contributed by atoms with Gasteiger partial charge in [-0.15, -0.1) is 0 Å². The fourth-order valence-corrected chi connectivity index (χ4v) is 10.9. The molecule has 4 aromatic carbocycles. The zero-order valence-electron chi connectivity index (χ0n) is 42.8. The van der Waals surface area contributed by atoms with Crippen LogP contribution in [0.3, 0.4) is 0 Å². The van der Waals surface area contributed by atoms with Crippen LogP contribution in [0.5, 0.6) is 0 Å². The van der Waals surface area contributed by atoms with Gasteiger partial charge in [-0.25, -0.2) is 54.5 Å². The summed E-state index contributed by atoms with van der Waals surface area (Å²) in [6.45, 7) is 1.57. The standard InChI is InChI=1S/C55H46F6N14O6S/c56-31-3-11-44(40(58)24-31)74-14-13-46(76)37-27-42(60)51(67-49(37)74)71-17-15-70(16-18-71)47(63)26-33(62)23-30-1-7-35(8-2-30)82(80,81)36-9-5-34(6-10-36)66-54(64)69-55(65)73-21-19-72(20-22-73)52-43(61)28-38-48(77)39(53(78)79)29-75(50(38)68-52)45-12-4-32(57)25-41(45)59/h1-14,24-25,27-29,62-63H,15-23,26H2,(H,78,79)(H4,64,65,66,69). The number of carboxylic acid groups (broad SMARTS) is 1. The molecule has 7 N–H and O–H groups in total. The molecule has 0 spiro atoms. The predicted octanol–water partition coefficient (Wildman–Crippen LogP) is 6.29.